The quantitative estimate of drug-likeness (QED) is 0.451. The third-order valence-electron chi connectivity index (χ3n) is 2.17. The minimum absolute atomic E-state index is 0.0428. The predicted octanol–water partition coefficient (Wildman–Crippen LogP) is -0.889. The molecule has 2 heterocycles. The zero-order valence-corrected chi connectivity index (χ0v) is 6.86. The van der Waals surface area contributed by atoms with E-state index in [0.717, 1.165) is 5.75 Å². The standard InChI is InChI=1S/C6H11N3OS/c7-1-4-5-3(2-11-4)8-6(10)9-5/h3-5H,1-2,7H2,(H2,8,9,10). The van der Waals surface area contributed by atoms with Gasteiger partial charge in [0.25, 0.3) is 0 Å². The van der Waals surface area contributed by atoms with E-state index < -0.39 is 0 Å². The number of nitrogens with one attached hydrogen (secondary N) is 2. The molecule has 3 unspecified atom stereocenters. The third-order valence-corrected chi connectivity index (χ3v) is 3.64. The summed E-state index contributed by atoms with van der Waals surface area (Å²) in [4.78, 5) is 10.8. The van der Waals surface area contributed by atoms with Crippen LogP contribution in [0, 0.1) is 0 Å². The summed E-state index contributed by atoms with van der Waals surface area (Å²) in [6, 6.07) is 0.525. The molecule has 2 aliphatic rings. The Balaban J connectivity index is 2.07. The number of thioether (sulfide) groups is 1. The van der Waals surface area contributed by atoms with E-state index in [0.29, 0.717) is 17.8 Å². The second kappa shape index (κ2) is 2.57. The summed E-state index contributed by atoms with van der Waals surface area (Å²) in [6.45, 7) is 0.647. The van der Waals surface area contributed by atoms with Gasteiger partial charge >= 0.3 is 6.03 Å². The molecule has 0 bridgehead atoms. The molecule has 3 atom stereocenters. The Labute approximate surface area is 69.3 Å². The van der Waals surface area contributed by atoms with Crippen LogP contribution in [0.5, 0.6) is 0 Å². The highest BCUT2D eigenvalue weighted by Gasteiger charge is 2.42. The lowest BCUT2D eigenvalue weighted by Crippen LogP contribution is -2.40. The number of amides is 2. The van der Waals surface area contributed by atoms with Crippen LogP contribution in [0.4, 0.5) is 4.79 Å². The van der Waals surface area contributed by atoms with E-state index in [1.54, 1.807) is 0 Å². The minimum Gasteiger partial charge on any atom is -0.332 e. The molecule has 2 amide bonds. The van der Waals surface area contributed by atoms with Crippen LogP contribution in [0.2, 0.25) is 0 Å². The molecule has 4 N–H and O–H groups in total. The Morgan fingerprint density at radius 3 is 3.18 bits per heavy atom. The fourth-order valence-corrected chi connectivity index (χ4v) is 2.94. The Hall–Kier alpha value is -0.420. The van der Waals surface area contributed by atoms with E-state index in [1.165, 1.54) is 0 Å². The summed E-state index contributed by atoms with van der Waals surface area (Å²) in [7, 11) is 0. The first kappa shape index (κ1) is 7.24. The van der Waals surface area contributed by atoms with Gasteiger partial charge in [0.2, 0.25) is 0 Å². The summed E-state index contributed by atoms with van der Waals surface area (Å²) >= 11 is 1.83. The first-order valence-electron chi connectivity index (χ1n) is 3.70. The molecule has 2 saturated heterocycles. The van der Waals surface area contributed by atoms with Crippen LogP contribution < -0.4 is 16.4 Å². The van der Waals surface area contributed by atoms with Crippen molar-refractivity contribution in [1.82, 2.24) is 10.6 Å². The zero-order valence-electron chi connectivity index (χ0n) is 6.04. The van der Waals surface area contributed by atoms with Crippen molar-refractivity contribution in [1.29, 1.82) is 0 Å². The highest BCUT2D eigenvalue weighted by atomic mass is 32.2. The number of carbonyl (C=O) groups is 1. The van der Waals surface area contributed by atoms with E-state index in [2.05, 4.69) is 10.6 Å². The largest absolute Gasteiger partial charge is 0.332 e. The van der Waals surface area contributed by atoms with E-state index in [-0.39, 0.29) is 12.1 Å². The van der Waals surface area contributed by atoms with Gasteiger partial charge in [0.1, 0.15) is 0 Å². The topological polar surface area (TPSA) is 67.1 Å². The van der Waals surface area contributed by atoms with E-state index >= 15 is 0 Å². The number of rotatable bonds is 1. The number of urea groups is 1. The molecule has 0 radical (unpaired) electrons. The highest BCUT2D eigenvalue weighted by Crippen LogP contribution is 2.28. The summed E-state index contributed by atoms with van der Waals surface area (Å²) in [5.41, 5.74) is 5.54. The monoisotopic (exact) mass is 173 g/mol. The maximum absolute atomic E-state index is 10.8. The molecular formula is C6H11N3OS. The fraction of sp³-hybridized carbons (Fsp3) is 0.833. The molecule has 5 heteroatoms. The van der Waals surface area contributed by atoms with Crippen molar-refractivity contribution >= 4 is 17.8 Å². The van der Waals surface area contributed by atoms with Crippen molar-refractivity contribution < 1.29 is 4.79 Å². The fourth-order valence-electron chi connectivity index (χ4n) is 1.59. The Kier molecular flexibility index (Phi) is 1.69. The van der Waals surface area contributed by atoms with Gasteiger partial charge in [-0.3, -0.25) is 0 Å². The predicted molar refractivity (Wildman–Crippen MR) is 44.5 cm³/mol. The second-order valence-corrected chi connectivity index (χ2v) is 4.13. The average Bonchev–Trinajstić information content (AvgIpc) is 2.45. The molecule has 0 spiro atoms. The van der Waals surface area contributed by atoms with Gasteiger partial charge in [-0.05, 0) is 0 Å². The van der Waals surface area contributed by atoms with Crippen LogP contribution in [0.15, 0.2) is 0 Å². The molecule has 11 heavy (non-hydrogen) atoms. The summed E-state index contributed by atoms with van der Waals surface area (Å²) < 4.78 is 0. The zero-order chi connectivity index (χ0) is 7.84. The van der Waals surface area contributed by atoms with E-state index in [4.69, 9.17) is 5.73 Å². The van der Waals surface area contributed by atoms with Crippen LogP contribution in [0.3, 0.4) is 0 Å². The SMILES string of the molecule is NCC1SCC2NC(=O)NC21. The van der Waals surface area contributed by atoms with Crippen LogP contribution in [-0.4, -0.2) is 35.7 Å². The number of hydrogen-bond acceptors (Lipinski definition) is 3. The second-order valence-electron chi connectivity index (χ2n) is 2.86. The molecule has 2 fully saturated rings. The van der Waals surface area contributed by atoms with Gasteiger partial charge in [-0.15, -0.1) is 0 Å². The average molecular weight is 173 g/mol. The first-order valence-corrected chi connectivity index (χ1v) is 4.75. The maximum atomic E-state index is 10.8. The van der Waals surface area contributed by atoms with Crippen molar-refractivity contribution in [3.8, 4) is 0 Å². The Bertz CT molecular complexity index is 187. The normalized spacial score (nSPS) is 41.5. The molecule has 2 rings (SSSR count). The van der Waals surface area contributed by atoms with Gasteiger partial charge < -0.3 is 16.4 Å². The van der Waals surface area contributed by atoms with E-state index in [1.807, 2.05) is 11.8 Å². The van der Waals surface area contributed by atoms with Gasteiger partial charge in [-0.2, -0.15) is 11.8 Å². The van der Waals surface area contributed by atoms with Crippen molar-refractivity contribution in [2.75, 3.05) is 12.3 Å². The molecule has 62 valence electrons. The van der Waals surface area contributed by atoms with Crippen molar-refractivity contribution in [3.05, 3.63) is 0 Å². The number of hydrogen-bond donors (Lipinski definition) is 3. The first-order chi connectivity index (χ1) is 5.31. The Morgan fingerprint density at radius 1 is 1.64 bits per heavy atom. The molecule has 0 aliphatic carbocycles. The number of nitrogens with two attached hydrogens (primary N) is 1. The van der Waals surface area contributed by atoms with Gasteiger partial charge in [-0.25, -0.2) is 4.79 Å². The lowest BCUT2D eigenvalue weighted by molar-refractivity contribution is 0.247. The van der Waals surface area contributed by atoms with E-state index in [9.17, 15) is 4.79 Å². The van der Waals surface area contributed by atoms with Crippen LogP contribution >= 0.6 is 11.8 Å². The maximum Gasteiger partial charge on any atom is 0.315 e. The van der Waals surface area contributed by atoms with Gasteiger partial charge in [0.15, 0.2) is 0 Å². The third kappa shape index (κ3) is 1.08. The van der Waals surface area contributed by atoms with Gasteiger partial charge in [0, 0.05) is 17.5 Å². The smallest absolute Gasteiger partial charge is 0.315 e. The summed E-state index contributed by atoms with van der Waals surface area (Å²) in [5, 5.41) is 6.12. The lowest BCUT2D eigenvalue weighted by atomic mass is 10.1. The summed E-state index contributed by atoms with van der Waals surface area (Å²) in [6.07, 6.45) is 0. The van der Waals surface area contributed by atoms with Crippen molar-refractivity contribution in [3.63, 3.8) is 0 Å². The molecule has 2 aliphatic heterocycles. The number of carbonyl (C=O) groups excluding carboxylic acids is 1. The molecule has 4 nitrogen and oxygen atoms in total. The van der Waals surface area contributed by atoms with Gasteiger partial charge in [-0.1, -0.05) is 0 Å². The highest BCUT2D eigenvalue weighted by molar-refractivity contribution is 8.00. The molecule has 0 aromatic carbocycles. The van der Waals surface area contributed by atoms with Gasteiger partial charge in [0.05, 0.1) is 12.1 Å². The summed E-state index contributed by atoms with van der Waals surface area (Å²) in [5.74, 6) is 0.991. The Morgan fingerprint density at radius 2 is 2.45 bits per heavy atom. The number of fused-ring (bicyclic) bond motifs is 1. The minimum atomic E-state index is -0.0428. The molecule has 0 saturated carbocycles. The molecular weight excluding hydrogens is 162 g/mol. The molecule has 0 aromatic rings. The van der Waals surface area contributed by atoms with Crippen LogP contribution in [0.25, 0.3) is 0 Å². The van der Waals surface area contributed by atoms with Crippen LogP contribution in [0.1, 0.15) is 0 Å². The molecule has 0 aromatic heterocycles. The van der Waals surface area contributed by atoms with Crippen molar-refractivity contribution in [2.24, 2.45) is 5.73 Å². The van der Waals surface area contributed by atoms with Crippen LogP contribution in [-0.2, 0) is 0 Å². The van der Waals surface area contributed by atoms with Crippen molar-refractivity contribution in [2.45, 2.75) is 17.3 Å². The lowest BCUT2D eigenvalue weighted by Gasteiger charge is -2.13.